The van der Waals surface area contributed by atoms with Crippen molar-refractivity contribution < 1.29 is 14.6 Å². The van der Waals surface area contributed by atoms with Gasteiger partial charge in [0.15, 0.2) is 0 Å². The number of rotatable bonds is 2. The molecule has 3 nitrogen and oxygen atoms in total. The Morgan fingerprint density at radius 1 is 1.31 bits per heavy atom. The Bertz CT molecular complexity index is 330. The lowest BCUT2D eigenvalue weighted by Gasteiger charge is -2.09. The molecule has 72 valence electrons. The molecule has 0 fully saturated rings. The number of pyridine rings is 1. The second kappa shape index (κ2) is 4.00. The van der Waals surface area contributed by atoms with E-state index < -0.39 is 19.0 Å². The summed E-state index contributed by atoms with van der Waals surface area (Å²) >= 11 is 5.64. The predicted octanol–water partition coefficient (Wildman–Crippen LogP) is 1.17. The van der Waals surface area contributed by atoms with Crippen molar-refractivity contribution in [1.29, 1.82) is 0 Å². The molecule has 5 heteroatoms. The van der Waals surface area contributed by atoms with Crippen LogP contribution in [0.1, 0.15) is 16.8 Å². The first-order valence-electron chi connectivity index (χ1n) is 3.66. The van der Waals surface area contributed by atoms with Crippen LogP contribution in [0, 0.1) is 12.7 Å². The first-order chi connectivity index (χ1) is 6.11. The number of hydrogen-bond acceptors (Lipinski definition) is 3. The molecule has 13 heavy (non-hydrogen) atoms. The molecule has 0 aromatic carbocycles. The summed E-state index contributed by atoms with van der Waals surface area (Å²) in [4.78, 5) is 3.67. The molecule has 0 spiro atoms. The number of aliphatic hydroxyl groups excluding tert-OH is 2. The van der Waals surface area contributed by atoms with Gasteiger partial charge in [-0.15, -0.1) is 0 Å². The maximum atomic E-state index is 13.2. The van der Waals surface area contributed by atoms with Gasteiger partial charge in [-0.25, -0.2) is 9.37 Å². The number of aliphatic hydroxyl groups is 2. The minimum absolute atomic E-state index is 0.0139. The number of aryl methyl sites for hydroxylation is 1. The summed E-state index contributed by atoms with van der Waals surface area (Å²) in [6, 6.07) is 0. The van der Waals surface area contributed by atoms with Gasteiger partial charge in [0.25, 0.3) is 0 Å². The van der Waals surface area contributed by atoms with Crippen LogP contribution >= 0.6 is 11.6 Å². The van der Waals surface area contributed by atoms with E-state index in [0.29, 0.717) is 0 Å². The normalized spacial score (nSPS) is 10.5. The topological polar surface area (TPSA) is 53.4 Å². The summed E-state index contributed by atoms with van der Waals surface area (Å²) in [5, 5.41) is 17.7. The van der Waals surface area contributed by atoms with Gasteiger partial charge >= 0.3 is 0 Å². The third kappa shape index (κ3) is 1.80. The van der Waals surface area contributed by atoms with E-state index in [0.717, 1.165) is 0 Å². The van der Waals surface area contributed by atoms with E-state index >= 15 is 0 Å². The van der Waals surface area contributed by atoms with Gasteiger partial charge in [0.1, 0.15) is 11.0 Å². The molecule has 1 aromatic heterocycles. The van der Waals surface area contributed by atoms with Crippen molar-refractivity contribution in [2.24, 2.45) is 0 Å². The lowest BCUT2D eigenvalue weighted by Crippen LogP contribution is -2.04. The molecule has 1 rings (SSSR count). The summed E-state index contributed by atoms with van der Waals surface area (Å²) in [7, 11) is 0. The minimum atomic E-state index is -0.615. The highest BCUT2D eigenvalue weighted by atomic mass is 35.5. The van der Waals surface area contributed by atoms with Gasteiger partial charge in [0, 0.05) is 11.1 Å². The van der Waals surface area contributed by atoms with E-state index in [-0.39, 0.29) is 22.0 Å². The highest BCUT2D eigenvalue weighted by molar-refractivity contribution is 6.30. The van der Waals surface area contributed by atoms with Crippen LogP contribution in [0.2, 0.25) is 5.15 Å². The molecule has 0 atom stereocenters. The fourth-order valence-electron chi connectivity index (χ4n) is 1.06. The monoisotopic (exact) mass is 205 g/mol. The second-order valence-electron chi connectivity index (χ2n) is 2.58. The fourth-order valence-corrected chi connectivity index (χ4v) is 1.37. The molecule has 0 aliphatic carbocycles. The molecule has 2 N–H and O–H groups in total. The SMILES string of the molecule is Cc1nc(Cl)c(CO)c(CO)c1F. The van der Waals surface area contributed by atoms with Crippen molar-refractivity contribution in [1.82, 2.24) is 4.98 Å². The molecule has 0 amide bonds. The summed E-state index contributed by atoms with van der Waals surface area (Å²) in [5.41, 5.74) is 0.276. The lowest BCUT2D eigenvalue weighted by molar-refractivity contribution is 0.254. The Morgan fingerprint density at radius 2 is 1.85 bits per heavy atom. The Balaban J connectivity index is 3.41. The van der Waals surface area contributed by atoms with E-state index in [4.69, 9.17) is 21.8 Å². The zero-order valence-electron chi connectivity index (χ0n) is 7.01. The van der Waals surface area contributed by atoms with Crippen LogP contribution in [0.5, 0.6) is 0 Å². The average molecular weight is 206 g/mol. The molecule has 1 aromatic rings. The van der Waals surface area contributed by atoms with Gasteiger partial charge < -0.3 is 10.2 Å². The first-order valence-corrected chi connectivity index (χ1v) is 4.04. The smallest absolute Gasteiger partial charge is 0.150 e. The van der Waals surface area contributed by atoms with Crippen LogP contribution in [0.4, 0.5) is 4.39 Å². The number of nitrogens with zero attached hydrogens (tertiary/aromatic N) is 1. The number of hydrogen-bond donors (Lipinski definition) is 2. The van der Waals surface area contributed by atoms with E-state index in [1.165, 1.54) is 6.92 Å². The van der Waals surface area contributed by atoms with Crippen molar-refractivity contribution in [2.75, 3.05) is 0 Å². The Morgan fingerprint density at radius 3 is 2.31 bits per heavy atom. The zero-order chi connectivity index (χ0) is 10.0. The number of aromatic nitrogens is 1. The largest absolute Gasteiger partial charge is 0.392 e. The summed E-state index contributed by atoms with van der Waals surface area (Å²) in [5.74, 6) is -0.615. The average Bonchev–Trinajstić information content (AvgIpc) is 2.10. The van der Waals surface area contributed by atoms with Gasteiger partial charge in [-0.2, -0.15) is 0 Å². The highest BCUT2D eigenvalue weighted by Crippen LogP contribution is 2.22. The summed E-state index contributed by atoms with van der Waals surface area (Å²) in [6.45, 7) is 0.519. The molecule has 1 heterocycles. The van der Waals surface area contributed by atoms with Crippen LogP contribution in [0.3, 0.4) is 0 Å². The minimum Gasteiger partial charge on any atom is -0.392 e. The van der Waals surface area contributed by atoms with Crippen LogP contribution in [0.25, 0.3) is 0 Å². The molecule has 0 saturated heterocycles. The van der Waals surface area contributed by atoms with E-state index in [9.17, 15) is 4.39 Å². The Labute approximate surface area is 79.8 Å². The third-order valence-corrected chi connectivity index (χ3v) is 2.09. The van der Waals surface area contributed by atoms with Crippen LogP contribution < -0.4 is 0 Å². The van der Waals surface area contributed by atoms with Gasteiger partial charge in [-0.1, -0.05) is 11.6 Å². The van der Waals surface area contributed by atoms with E-state index in [1.54, 1.807) is 0 Å². The molecular weight excluding hydrogens is 197 g/mol. The van der Waals surface area contributed by atoms with Crippen molar-refractivity contribution in [3.8, 4) is 0 Å². The van der Waals surface area contributed by atoms with E-state index in [2.05, 4.69) is 4.98 Å². The van der Waals surface area contributed by atoms with Gasteiger partial charge in [0.2, 0.25) is 0 Å². The predicted molar refractivity (Wildman–Crippen MR) is 45.8 cm³/mol. The van der Waals surface area contributed by atoms with Gasteiger partial charge in [0.05, 0.1) is 18.9 Å². The molecule has 0 unspecified atom stereocenters. The van der Waals surface area contributed by atoms with Crippen molar-refractivity contribution >= 4 is 11.6 Å². The molecule has 0 bridgehead atoms. The van der Waals surface area contributed by atoms with Crippen LogP contribution in [0.15, 0.2) is 0 Å². The molecule has 0 radical (unpaired) electrons. The van der Waals surface area contributed by atoms with Crippen molar-refractivity contribution in [3.05, 3.63) is 27.8 Å². The highest BCUT2D eigenvalue weighted by Gasteiger charge is 2.15. The maximum Gasteiger partial charge on any atom is 0.150 e. The fraction of sp³-hybridized carbons (Fsp3) is 0.375. The second-order valence-corrected chi connectivity index (χ2v) is 2.93. The molecule has 0 aliphatic rings. The van der Waals surface area contributed by atoms with Crippen molar-refractivity contribution in [3.63, 3.8) is 0 Å². The van der Waals surface area contributed by atoms with Crippen LogP contribution in [-0.4, -0.2) is 15.2 Å². The molecule has 0 saturated carbocycles. The van der Waals surface area contributed by atoms with Gasteiger partial charge in [-0.3, -0.25) is 0 Å². The zero-order valence-corrected chi connectivity index (χ0v) is 7.77. The lowest BCUT2D eigenvalue weighted by atomic mass is 10.1. The standard InChI is InChI=1S/C8H9ClFNO2/c1-4-7(10)5(2-12)6(3-13)8(9)11-4/h12-13H,2-3H2,1H3. The van der Waals surface area contributed by atoms with Crippen LogP contribution in [-0.2, 0) is 13.2 Å². The quantitative estimate of drug-likeness (QED) is 0.713. The summed E-state index contributed by atoms with van der Waals surface area (Å²) < 4.78 is 13.2. The Hall–Kier alpha value is -0.710. The summed E-state index contributed by atoms with van der Waals surface area (Å²) in [6.07, 6.45) is 0. The van der Waals surface area contributed by atoms with Crippen molar-refractivity contribution in [2.45, 2.75) is 20.1 Å². The van der Waals surface area contributed by atoms with E-state index in [1.807, 2.05) is 0 Å². The molecular formula is C8H9ClFNO2. The molecule has 0 aliphatic heterocycles. The number of halogens is 2. The maximum absolute atomic E-state index is 13.2. The third-order valence-electron chi connectivity index (χ3n) is 1.78. The first kappa shape index (κ1) is 10.4. The van der Waals surface area contributed by atoms with Gasteiger partial charge in [-0.05, 0) is 6.92 Å². The Kier molecular flexibility index (Phi) is 3.19.